The van der Waals surface area contributed by atoms with Crippen LogP contribution in [-0.2, 0) is 4.79 Å². The Morgan fingerprint density at radius 3 is 2.86 bits per heavy atom. The lowest BCUT2D eigenvalue weighted by Crippen LogP contribution is -2.14. The molecule has 3 aromatic rings. The molecule has 1 heterocycles. The second-order valence-corrected chi connectivity index (χ2v) is 7.11. The van der Waals surface area contributed by atoms with Gasteiger partial charge < -0.3 is 10.1 Å². The van der Waals surface area contributed by atoms with Crippen molar-refractivity contribution >= 4 is 40.6 Å². The van der Waals surface area contributed by atoms with E-state index in [1.165, 1.54) is 17.4 Å². The summed E-state index contributed by atoms with van der Waals surface area (Å²) in [6.07, 6.45) is 1.47. The fraction of sp³-hybridized carbons (Fsp3) is 0.0952. The largest absolute Gasteiger partial charge is 0.497 e. The molecule has 28 heavy (non-hydrogen) atoms. The van der Waals surface area contributed by atoms with Crippen molar-refractivity contribution < 1.29 is 9.53 Å². The Bertz CT molecular complexity index is 1100. The van der Waals surface area contributed by atoms with E-state index in [4.69, 9.17) is 16.3 Å². The number of rotatable bonds is 5. The number of methoxy groups -OCH3 is 1. The standard InChI is InChI=1S/C21H16ClN3O2S/c1-13-18(22)7-4-8-19(13)25-20(26)15(11-23)9-16-12-28-21(24-16)14-5-3-6-17(10-14)27-2/h3-10,12H,1-2H3,(H,25,26)/b15-9+. The van der Waals surface area contributed by atoms with Gasteiger partial charge in [-0.2, -0.15) is 5.26 Å². The van der Waals surface area contributed by atoms with Crippen LogP contribution in [0.15, 0.2) is 53.4 Å². The number of thiazole rings is 1. The summed E-state index contributed by atoms with van der Waals surface area (Å²) in [5.41, 5.74) is 2.71. The Kier molecular flexibility index (Phi) is 6.09. The molecule has 0 radical (unpaired) electrons. The van der Waals surface area contributed by atoms with Crippen molar-refractivity contribution in [1.82, 2.24) is 4.98 Å². The first-order valence-electron chi connectivity index (χ1n) is 8.30. The molecule has 0 atom stereocenters. The van der Waals surface area contributed by atoms with Gasteiger partial charge in [-0.05, 0) is 42.8 Å². The van der Waals surface area contributed by atoms with Crippen molar-refractivity contribution in [3.8, 4) is 22.4 Å². The summed E-state index contributed by atoms with van der Waals surface area (Å²) in [6.45, 7) is 1.80. The van der Waals surface area contributed by atoms with E-state index in [0.29, 0.717) is 16.4 Å². The lowest BCUT2D eigenvalue weighted by Gasteiger charge is -2.08. The average Bonchev–Trinajstić information content (AvgIpc) is 3.18. The van der Waals surface area contributed by atoms with E-state index in [9.17, 15) is 10.1 Å². The number of nitriles is 1. The highest BCUT2D eigenvalue weighted by Crippen LogP contribution is 2.28. The van der Waals surface area contributed by atoms with Crippen LogP contribution in [0.3, 0.4) is 0 Å². The Labute approximate surface area is 171 Å². The highest BCUT2D eigenvalue weighted by molar-refractivity contribution is 7.13. The van der Waals surface area contributed by atoms with E-state index in [2.05, 4.69) is 10.3 Å². The summed E-state index contributed by atoms with van der Waals surface area (Å²) >= 11 is 7.50. The molecule has 0 bridgehead atoms. The third-order valence-corrected chi connectivity index (χ3v) is 5.33. The summed E-state index contributed by atoms with van der Waals surface area (Å²) < 4.78 is 5.23. The molecule has 0 spiro atoms. The van der Waals surface area contributed by atoms with Gasteiger partial charge in [0.1, 0.15) is 22.4 Å². The molecule has 7 heteroatoms. The molecular formula is C21H16ClN3O2S. The maximum atomic E-state index is 12.5. The summed E-state index contributed by atoms with van der Waals surface area (Å²) in [7, 11) is 1.61. The zero-order valence-electron chi connectivity index (χ0n) is 15.2. The van der Waals surface area contributed by atoms with E-state index in [1.807, 2.05) is 30.3 Å². The summed E-state index contributed by atoms with van der Waals surface area (Å²) in [5, 5.41) is 15.2. The smallest absolute Gasteiger partial charge is 0.266 e. The van der Waals surface area contributed by atoms with Crippen molar-refractivity contribution in [2.45, 2.75) is 6.92 Å². The summed E-state index contributed by atoms with van der Waals surface area (Å²) in [4.78, 5) is 17.0. The van der Waals surface area contributed by atoms with Gasteiger partial charge >= 0.3 is 0 Å². The molecule has 140 valence electrons. The van der Waals surface area contributed by atoms with Crippen LogP contribution in [0.25, 0.3) is 16.6 Å². The Balaban J connectivity index is 1.83. The Hall–Kier alpha value is -3.14. The first-order chi connectivity index (χ1) is 13.5. The Morgan fingerprint density at radius 1 is 1.32 bits per heavy atom. The van der Waals surface area contributed by atoms with Gasteiger partial charge in [-0.15, -0.1) is 11.3 Å². The number of nitrogens with one attached hydrogen (secondary N) is 1. The van der Waals surface area contributed by atoms with Crippen molar-refractivity contribution in [2.24, 2.45) is 0 Å². The fourth-order valence-electron chi connectivity index (χ4n) is 2.47. The van der Waals surface area contributed by atoms with E-state index in [-0.39, 0.29) is 5.57 Å². The van der Waals surface area contributed by atoms with Crippen molar-refractivity contribution in [3.05, 3.63) is 69.7 Å². The molecule has 0 saturated carbocycles. The van der Waals surface area contributed by atoms with Crippen LogP contribution in [0.5, 0.6) is 5.75 Å². The second-order valence-electron chi connectivity index (χ2n) is 5.85. The Morgan fingerprint density at radius 2 is 2.11 bits per heavy atom. The number of ether oxygens (including phenoxy) is 1. The highest BCUT2D eigenvalue weighted by atomic mass is 35.5. The van der Waals surface area contributed by atoms with Gasteiger partial charge in [0.25, 0.3) is 5.91 Å². The number of benzene rings is 2. The first-order valence-corrected chi connectivity index (χ1v) is 9.56. The van der Waals surface area contributed by atoms with Gasteiger partial charge in [-0.1, -0.05) is 29.8 Å². The van der Waals surface area contributed by atoms with Crippen LogP contribution < -0.4 is 10.1 Å². The molecule has 1 N–H and O–H groups in total. The number of hydrogen-bond acceptors (Lipinski definition) is 5. The normalized spacial score (nSPS) is 11.0. The van der Waals surface area contributed by atoms with Crippen LogP contribution in [0.1, 0.15) is 11.3 Å². The van der Waals surface area contributed by atoms with Gasteiger partial charge in [-0.25, -0.2) is 4.98 Å². The number of nitrogens with zero attached hydrogens (tertiary/aromatic N) is 2. The predicted molar refractivity (Wildman–Crippen MR) is 113 cm³/mol. The molecule has 0 aliphatic carbocycles. The monoisotopic (exact) mass is 409 g/mol. The molecule has 1 aromatic heterocycles. The van der Waals surface area contributed by atoms with E-state index < -0.39 is 5.91 Å². The van der Waals surface area contributed by atoms with Gasteiger partial charge in [0.2, 0.25) is 0 Å². The number of halogens is 1. The van der Waals surface area contributed by atoms with Crippen molar-refractivity contribution in [1.29, 1.82) is 5.26 Å². The molecule has 0 aliphatic rings. The first kappa shape index (κ1) is 19.6. The number of hydrogen-bond donors (Lipinski definition) is 1. The van der Waals surface area contributed by atoms with E-state index in [1.54, 1.807) is 37.6 Å². The van der Waals surface area contributed by atoms with E-state index in [0.717, 1.165) is 21.9 Å². The third kappa shape index (κ3) is 4.39. The molecular weight excluding hydrogens is 394 g/mol. The lowest BCUT2D eigenvalue weighted by molar-refractivity contribution is -0.112. The molecule has 0 unspecified atom stereocenters. The number of carbonyl (C=O) groups is 1. The maximum Gasteiger partial charge on any atom is 0.266 e. The minimum atomic E-state index is -0.510. The zero-order valence-corrected chi connectivity index (χ0v) is 16.8. The summed E-state index contributed by atoms with van der Waals surface area (Å²) in [6, 6.07) is 14.7. The average molecular weight is 410 g/mol. The summed E-state index contributed by atoms with van der Waals surface area (Å²) in [5.74, 6) is 0.225. The molecule has 1 amide bonds. The van der Waals surface area contributed by atoms with Crippen molar-refractivity contribution in [3.63, 3.8) is 0 Å². The fourth-order valence-corrected chi connectivity index (χ4v) is 3.42. The van der Waals surface area contributed by atoms with Crippen LogP contribution in [0.2, 0.25) is 5.02 Å². The second kappa shape index (κ2) is 8.70. The van der Waals surface area contributed by atoms with Gasteiger partial charge in [0.05, 0.1) is 12.8 Å². The highest BCUT2D eigenvalue weighted by Gasteiger charge is 2.13. The van der Waals surface area contributed by atoms with Gasteiger partial charge in [0, 0.05) is 21.7 Å². The molecule has 0 fully saturated rings. The van der Waals surface area contributed by atoms with E-state index >= 15 is 0 Å². The number of anilines is 1. The van der Waals surface area contributed by atoms with Gasteiger partial charge in [0.15, 0.2) is 0 Å². The molecule has 2 aromatic carbocycles. The molecule has 0 aliphatic heterocycles. The number of carbonyl (C=O) groups excluding carboxylic acids is 1. The van der Waals surface area contributed by atoms with Crippen LogP contribution in [0, 0.1) is 18.3 Å². The molecule has 5 nitrogen and oxygen atoms in total. The van der Waals surface area contributed by atoms with Crippen molar-refractivity contribution in [2.75, 3.05) is 12.4 Å². The zero-order chi connectivity index (χ0) is 20.1. The molecule has 0 saturated heterocycles. The minimum absolute atomic E-state index is 0.0399. The quantitative estimate of drug-likeness (QED) is 0.456. The van der Waals surface area contributed by atoms with Gasteiger partial charge in [-0.3, -0.25) is 4.79 Å². The van der Waals surface area contributed by atoms with Crippen LogP contribution in [0.4, 0.5) is 5.69 Å². The minimum Gasteiger partial charge on any atom is -0.497 e. The number of amides is 1. The molecule has 3 rings (SSSR count). The maximum absolute atomic E-state index is 12.5. The SMILES string of the molecule is COc1cccc(-c2nc(/C=C(\C#N)C(=O)Nc3cccc(Cl)c3C)cs2)c1. The van der Waals surface area contributed by atoms with Crippen LogP contribution in [-0.4, -0.2) is 18.0 Å². The lowest BCUT2D eigenvalue weighted by atomic mass is 10.1. The third-order valence-electron chi connectivity index (χ3n) is 4.01. The predicted octanol–water partition coefficient (Wildman–Crippen LogP) is 5.33. The number of aromatic nitrogens is 1. The topological polar surface area (TPSA) is 75.0 Å². The van der Waals surface area contributed by atoms with Crippen LogP contribution >= 0.6 is 22.9 Å².